The smallest absolute Gasteiger partial charge is 0.356 e. The Hall–Kier alpha value is -3.04. The number of aliphatic imine (C=N–C) groups is 1. The average Bonchev–Trinajstić information content (AvgIpc) is 3.03. The van der Waals surface area contributed by atoms with Gasteiger partial charge < -0.3 is 16.0 Å². The number of hydrogen-bond acceptors (Lipinski definition) is 3. The van der Waals surface area contributed by atoms with Crippen LogP contribution in [0, 0.1) is 13.8 Å². The van der Waals surface area contributed by atoms with E-state index in [0.717, 1.165) is 48.6 Å². The molecule has 0 aliphatic heterocycles. The fourth-order valence-electron chi connectivity index (χ4n) is 2.83. The van der Waals surface area contributed by atoms with Crippen molar-refractivity contribution in [3.8, 4) is 0 Å². The molecule has 30 heavy (non-hydrogen) atoms. The number of carbonyl (C=O) groups excluding carboxylic acids is 1. The van der Waals surface area contributed by atoms with Crippen LogP contribution < -0.4 is 16.0 Å². The molecule has 0 bridgehead atoms. The first kappa shape index (κ1) is 23.2. The van der Waals surface area contributed by atoms with Crippen molar-refractivity contribution < 1.29 is 18.0 Å². The number of alkyl halides is 3. The zero-order chi connectivity index (χ0) is 22.1. The van der Waals surface area contributed by atoms with Crippen LogP contribution in [0.3, 0.4) is 0 Å². The van der Waals surface area contributed by atoms with Crippen LogP contribution in [0.4, 0.5) is 13.2 Å². The van der Waals surface area contributed by atoms with E-state index in [0.29, 0.717) is 25.6 Å². The molecule has 0 aliphatic rings. The molecule has 0 aliphatic carbocycles. The number of nitrogens with one attached hydrogen (secondary N) is 3. The first-order chi connectivity index (χ1) is 14.2. The number of halogens is 3. The van der Waals surface area contributed by atoms with Gasteiger partial charge in [0.05, 0.1) is 11.3 Å². The van der Waals surface area contributed by atoms with Crippen LogP contribution >= 0.6 is 0 Å². The zero-order valence-corrected chi connectivity index (χ0v) is 17.3. The summed E-state index contributed by atoms with van der Waals surface area (Å²) in [6, 6.07) is 6.15. The quantitative estimate of drug-likeness (QED) is 0.346. The SMILES string of the molecule is CN=C(NCCCn1nc(C)cc1C)NCCNC(=O)c1ccc(C(F)(F)F)cc1. The lowest BCUT2D eigenvalue weighted by Crippen LogP contribution is -2.42. The normalized spacial score (nSPS) is 12.0. The molecule has 164 valence electrons. The zero-order valence-electron chi connectivity index (χ0n) is 17.3. The largest absolute Gasteiger partial charge is 0.416 e. The molecule has 0 atom stereocenters. The fourth-order valence-corrected chi connectivity index (χ4v) is 2.83. The van der Waals surface area contributed by atoms with Crippen LogP contribution in [0.5, 0.6) is 0 Å². The van der Waals surface area contributed by atoms with Gasteiger partial charge in [0.2, 0.25) is 0 Å². The maximum absolute atomic E-state index is 12.6. The molecule has 1 aromatic heterocycles. The predicted octanol–water partition coefficient (Wildman–Crippen LogP) is 2.50. The summed E-state index contributed by atoms with van der Waals surface area (Å²) in [5.74, 6) is 0.172. The van der Waals surface area contributed by atoms with Crippen molar-refractivity contribution in [3.05, 3.63) is 52.8 Å². The van der Waals surface area contributed by atoms with E-state index < -0.39 is 17.6 Å². The van der Waals surface area contributed by atoms with Gasteiger partial charge in [0.1, 0.15) is 0 Å². The predicted molar refractivity (Wildman–Crippen MR) is 109 cm³/mol. The van der Waals surface area contributed by atoms with Gasteiger partial charge in [0.15, 0.2) is 5.96 Å². The first-order valence-corrected chi connectivity index (χ1v) is 9.61. The Morgan fingerprint density at radius 2 is 1.70 bits per heavy atom. The Bertz CT molecular complexity index is 858. The van der Waals surface area contributed by atoms with Gasteiger partial charge in [-0.05, 0) is 50.6 Å². The van der Waals surface area contributed by atoms with Crippen molar-refractivity contribution in [3.63, 3.8) is 0 Å². The third kappa shape index (κ3) is 7.09. The topological polar surface area (TPSA) is 83.3 Å². The van der Waals surface area contributed by atoms with E-state index in [2.05, 4.69) is 26.0 Å². The van der Waals surface area contributed by atoms with Crippen molar-refractivity contribution in [2.75, 3.05) is 26.7 Å². The highest BCUT2D eigenvalue weighted by molar-refractivity contribution is 5.94. The number of amides is 1. The standard InChI is InChI=1S/C20H27F3N6O/c1-14-13-15(2)29(28-14)12-4-9-26-19(24-3)27-11-10-25-18(30)16-5-7-17(8-6-16)20(21,22)23/h5-8,13H,4,9-12H2,1-3H3,(H,25,30)(H2,24,26,27). The lowest BCUT2D eigenvalue weighted by Gasteiger charge is -2.13. The summed E-state index contributed by atoms with van der Waals surface area (Å²) in [4.78, 5) is 16.1. The molecular weight excluding hydrogens is 397 g/mol. The van der Waals surface area contributed by atoms with Crippen LogP contribution in [-0.4, -0.2) is 48.3 Å². The third-order valence-corrected chi connectivity index (χ3v) is 4.34. The minimum atomic E-state index is -4.42. The van der Waals surface area contributed by atoms with Gasteiger partial charge >= 0.3 is 6.18 Å². The number of carbonyl (C=O) groups is 1. The molecule has 0 saturated carbocycles. The van der Waals surface area contributed by atoms with E-state index in [1.807, 2.05) is 24.6 Å². The van der Waals surface area contributed by atoms with Gasteiger partial charge in [0.25, 0.3) is 5.91 Å². The second kappa shape index (κ2) is 10.7. The Morgan fingerprint density at radius 1 is 1.07 bits per heavy atom. The van der Waals surface area contributed by atoms with E-state index in [9.17, 15) is 18.0 Å². The van der Waals surface area contributed by atoms with Crippen LogP contribution in [-0.2, 0) is 12.7 Å². The maximum atomic E-state index is 12.6. The molecule has 1 amide bonds. The second-order valence-corrected chi connectivity index (χ2v) is 6.76. The number of hydrogen-bond donors (Lipinski definition) is 3. The summed E-state index contributed by atoms with van der Waals surface area (Å²) in [5.41, 5.74) is 1.51. The summed E-state index contributed by atoms with van der Waals surface area (Å²) >= 11 is 0. The summed E-state index contributed by atoms with van der Waals surface area (Å²) < 4.78 is 39.7. The first-order valence-electron chi connectivity index (χ1n) is 9.61. The Morgan fingerprint density at radius 3 is 2.27 bits per heavy atom. The minimum absolute atomic E-state index is 0.176. The molecule has 0 radical (unpaired) electrons. The Balaban J connectivity index is 1.65. The van der Waals surface area contributed by atoms with Crippen LogP contribution in [0.1, 0.15) is 33.7 Å². The number of aromatic nitrogens is 2. The molecule has 1 aromatic carbocycles. The van der Waals surface area contributed by atoms with Gasteiger partial charge in [-0.3, -0.25) is 14.5 Å². The number of aryl methyl sites for hydroxylation is 3. The van der Waals surface area contributed by atoms with Gasteiger partial charge in [-0.1, -0.05) is 0 Å². The molecule has 0 saturated heterocycles. The van der Waals surface area contributed by atoms with Crippen LogP contribution in [0.2, 0.25) is 0 Å². The summed E-state index contributed by atoms with van der Waals surface area (Å²) in [7, 11) is 1.65. The molecule has 0 unspecified atom stereocenters. The number of rotatable bonds is 8. The van der Waals surface area contributed by atoms with E-state index in [-0.39, 0.29) is 5.56 Å². The van der Waals surface area contributed by atoms with E-state index >= 15 is 0 Å². The van der Waals surface area contributed by atoms with Crippen molar-refractivity contribution in [1.82, 2.24) is 25.7 Å². The van der Waals surface area contributed by atoms with Gasteiger partial charge in [-0.15, -0.1) is 0 Å². The highest BCUT2D eigenvalue weighted by atomic mass is 19.4. The lowest BCUT2D eigenvalue weighted by atomic mass is 10.1. The van der Waals surface area contributed by atoms with Gasteiger partial charge in [-0.25, -0.2) is 0 Å². The summed E-state index contributed by atoms with van der Waals surface area (Å²) in [6.07, 6.45) is -3.55. The van der Waals surface area contributed by atoms with Gasteiger partial charge in [0, 0.05) is 44.5 Å². The Labute approximate surface area is 173 Å². The van der Waals surface area contributed by atoms with E-state index in [1.54, 1.807) is 7.05 Å². The highest BCUT2D eigenvalue weighted by Gasteiger charge is 2.30. The van der Waals surface area contributed by atoms with Crippen LogP contribution in [0.25, 0.3) is 0 Å². The van der Waals surface area contributed by atoms with Crippen LogP contribution in [0.15, 0.2) is 35.3 Å². The minimum Gasteiger partial charge on any atom is -0.356 e. The summed E-state index contributed by atoms with van der Waals surface area (Å²) in [5, 5.41) is 13.3. The van der Waals surface area contributed by atoms with Gasteiger partial charge in [-0.2, -0.15) is 18.3 Å². The lowest BCUT2D eigenvalue weighted by molar-refractivity contribution is -0.137. The summed E-state index contributed by atoms with van der Waals surface area (Å²) in [6.45, 7) is 6.20. The molecule has 10 heteroatoms. The molecule has 0 fully saturated rings. The third-order valence-electron chi connectivity index (χ3n) is 4.34. The average molecular weight is 424 g/mol. The van der Waals surface area contributed by atoms with Crippen molar-refractivity contribution >= 4 is 11.9 Å². The molecule has 2 rings (SSSR count). The number of nitrogens with zero attached hydrogens (tertiary/aromatic N) is 3. The highest BCUT2D eigenvalue weighted by Crippen LogP contribution is 2.29. The molecule has 3 N–H and O–H groups in total. The number of benzene rings is 1. The molecule has 2 aromatic rings. The monoisotopic (exact) mass is 424 g/mol. The van der Waals surface area contributed by atoms with Crippen molar-refractivity contribution in [2.45, 2.75) is 33.0 Å². The van der Waals surface area contributed by atoms with Crippen molar-refractivity contribution in [2.24, 2.45) is 4.99 Å². The maximum Gasteiger partial charge on any atom is 0.416 e. The number of guanidine groups is 1. The van der Waals surface area contributed by atoms with E-state index in [1.165, 1.54) is 0 Å². The molecule has 7 nitrogen and oxygen atoms in total. The fraction of sp³-hybridized carbons (Fsp3) is 0.450. The molecule has 0 spiro atoms. The molecular formula is C20H27F3N6O. The Kier molecular flexibility index (Phi) is 8.25. The van der Waals surface area contributed by atoms with E-state index in [4.69, 9.17) is 0 Å². The van der Waals surface area contributed by atoms with Crippen molar-refractivity contribution in [1.29, 1.82) is 0 Å². The second-order valence-electron chi connectivity index (χ2n) is 6.76. The molecule has 1 heterocycles.